The van der Waals surface area contributed by atoms with Crippen molar-refractivity contribution in [2.45, 2.75) is 50.9 Å². The third-order valence-electron chi connectivity index (χ3n) is 7.42. The standard InChI is InChI=1S/C32H39F2N3O6S/c1-3-22-10-7-11-24(14-22)19-36-20-28(29(35)17-25-15-26(33)18-27(34)16-25)32(30(38)39,12-13-44(2,41)42)37-31(40)43-21-23-8-5-4-6-9-23/h4-11,14-16,18,28-29,36H,3,12-13,17,19-21,35H2,1-2H3,(H,37,40)(H,38,39)/t28-,29?,32+/m1/s1. The van der Waals surface area contributed by atoms with E-state index in [1.54, 1.807) is 30.3 Å². The summed E-state index contributed by atoms with van der Waals surface area (Å²) in [5.74, 6) is -4.94. The minimum atomic E-state index is -3.70. The summed E-state index contributed by atoms with van der Waals surface area (Å²) in [5.41, 5.74) is 7.19. The predicted octanol–water partition coefficient (Wildman–Crippen LogP) is 3.99. The molecular formula is C32H39F2N3O6S. The number of amides is 1. The van der Waals surface area contributed by atoms with Gasteiger partial charge in [-0.05, 0) is 53.6 Å². The van der Waals surface area contributed by atoms with Crippen molar-refractivity contribution in [3.05, 3.63) is 107 Å². The van der Waals surface area contributed by atoms with E-state index in [2.05, 4.69) is 10.6 Å². The monoisotopic (exact) mass is 631 g/mol. The Morgan fingerprint density at radius 2 is 1.59 bits per heavy atom. The third kappa shape index (κ3) is 10.4. The van der Waals surface area contributed by atoms with Crippen LogP contribution in [-0.2, 0) is 45.4 Å². The lowest BCUT2D eigenvalue weighted by Crippen LogP contribution is -2.66. The molecular weight excluding hydrogens is 592 g/mol. The second-order valence-corrected chi connectivity index (χ2v) is 13.2. The van der Waals surface area contributed by atoms with E-state index in [4.69, 9.17) is 10.5 Å². The van der Waals surface area contributed by atoms with Gasteiger partial charge in [0.1, 0.15) is 33.6 Å². The van der Waals surface area contributed by atoms with E-state index >= 15 is 0 Å². The number of aliphatic carboxylic acids is 1. The molecule has 12 heteroatoms. The molecule has 0 saturated heterocycles. The highest BCUT2D eigenvalue weighted by Crippen LogP contribution is 2.28. The Morgan fingerprint density at radius 3 is 2.20 bits per heavy atom. The number of ether oxygens (including phenoxy) is 1. The van der Waals surface area contributed by atoms with Crippen LogP contribution in [-0.4, -0.2) is 55.7 Å². The summed E-state index contributed by atoms with van der Waals surface area (Å²) in [5, 5.41) is 16.3. The summed E-state index contributed by atoms with van der Waals surface area (Å²) in [6.45, 7) is 2.07. The van der Waals surface area contributed by atoms with Gasteiger partial charge < -0.3 is 26.2 Å². The van der Waals surface area contributed by atoms with Crippen molar-refractivity contribution in [2.75, 3.05) is 18.6 Å². The number of alkyl carbamates (subject to hydrolysis) is 1. The molecule has 0 aromatic heterocycles. The lowest BCUT2D eigenvalue weighted by atomic mass is 9.75. The fourth-order valence-electron chi connectivity index (χ4n) is 5.11. The first kappa shape index (κ1) is 34.6. The quantitative estimate of drug-likeness (QED) is 0.186. The zero-order valence-corrected chi connectivity index (χ0v) is 25.6. The van der Waals surface area contributed by atoms with Crippen molar-refractivity contribution in [1.29, 1.82) is 0 Å². The molecule has 9 nitrogen and oxygen atoms in total. The second-order valence-electron chi connectivity index (χ2n) is 10.9. The Morgan fingerprint density at radius 1 is 0.955 bits per heavy atom. The number of aryl methyl sites for hydroxylation is 1. The number of hydrogen-bond acceptors (Lipinski definition) is 7. The molecule has 0 radical (unpaired) electrons. The molecule has 3 aromatic carbocycles. The number of nitrogens with one attached hydrogen (secondary N) is 2. The number of sulfone groups is 1. The molecule has 0 aliphatic carbocycles. The first-order valence-electron chi connectivity index (χ1n) is 14.2. The highest BCUT2D eigenvalue weighted by molar-refractivity contribution is 7.90. The molecule has 5 N–H and O–H groups in total. The van der Waals surface area contributed by atoms with Gasteiger partial charge in [-0.15, -0.1) is 0 Å². The van der Waals surface area contributed by atoms with E-state index in [0.29, 0.717) is 18.2 Å². The predicted molar refractivity (Wildman–Crippen MR) is 164 cm³/mol. The van der Waals surface area contributed by atoms with E-state index in [-0.39, 0.29) is 25.1 Å². The van der Waals surface area contributed by atoms with Crippen LogP contribution in [0, 0.1) is 17.6 Å². The summed E-state index contributed by atoms with van der Waals surface area (Å²) in [6, 6.07) is 18.3. The van der Waals surface area contributed by atoms with Crippen LogP contribution in [0.25, 0.3) is 0 Å². The molecule has 1 amide bonds. The lowest BCUT2D eigenvalue weighted by Gasteiger charge is -2.41. The van der Waals surface area contributed by atoms with Gasteiger partial charge >= 0.3 is 12.1 Å². The Hall–Kier alpha value is -3.87. The number of carbonyl (C=O) groups is 2. The fraction of sp³-hybridized carbons (Fsp3) is 0.375. The van der Waals surface area contributed by atoms with Crippen molar-refractivity contribution in [3.8, 4) is 0 Å². The highest BCUT2D eigenvalue weighted by Gasteiger charge is 2.50. The van der Waals surface area contributed by atoms with Gasteiger partial charge in [0, 0.05) is 37.4 Å². The zero-order valence-electron chi connectivity index (χ0n) is 24.8. The first-order valence-corrected chi connectivity index (χ1v) is 16.3. The number of carboxylic acids is 1. The largest absolute Gasteiger partial charge is 0.479 e. The van der Waals surface area contributed by atoms with Crippen LogP contribution in [0.15, 0.2) is 72.8 Å². The van der Waals surface area contributed by atoms with Gasteiger partial charge in [-0.2, -0.15) is 0 Å². The molecule has 0 saturated carbocycles. The maximum absolute atomic E-state index is 14.0. The van der Waals surface area contributed by atoms with E-state index in [9.17, 15) is 31.9 Å². The number of halogens is 2. The Kier molecular flexibility index (Phi) is 12.4. The van der Waals surface area contributed by atoms with Crippen LogP contribution in [0.3, 0.4) is 0 Å². The Balaban J connectivity index is 1.98. The van der Waals surface area contributed by atoms with Crippen molar-refractivity contribution in [2.24, 2.45) is 11.7 Å². The van der Waals surface area contributed by atoms with Crippen LogP contribution < -0.4 is 16.4 Å². The first-order chi connectivity index (χ1) is 20.8. The summed E-state index contributed by atoms with van der Waals surface area (Å²) in [7, 11) is -3.70. The second kappa shape index (κ2) is 15.7. The molecule has 3 aromatic rings. The average molecular weight is 632 g/mol. The average Bonchev–Trinajstić information content (AvgIpc) is 2.96. The number of carbonyl (C=O) groups excluding carboxylic acids is 1. The summed E-state index contributed by atoms with van der Waals surface area (Å²) in [6.07, 6.45) is -0.0226. The van der Waals surface area contributed by atoms with Crippen LogP contribution >= 0.6 is 0 Å². The van der Waals surface area contributed by atoms with Crippen LogP contribution in [0.4, 0.5) is 13.6 Å². The molecule has 238 valence electrons. The number of rotatable bonds is 16. The number of nitrogens with two attached hydrogens (primary N) is 1. The summed E-state index contributed by atoms with van der Waals surface area (Å²) in [4.78, 5) is 26.2. The molecule has 0 heterocycles. The highest BCUT2D eigenvalue weighted by atomic mass is 32.2. The maximum Gasteiger partial charge on any atom is 0.408 e. The van der Waals surface area contributed by atoms with Gasteiger partial charge in [0.2, 0.25) is 0 Å². The normalized spacial score (nSPS) is 14.3. The van der Waals surface area contributed by atoms with Crippen molar-refractivity contribution in [1.82, 2.24) is 10.6 Å². The van der Waals surface area contributed by atoms with Crippen LogP contribution in [0.2, 0.25) is 0 Å². The van der Waals surface area contributed by atoms with E-state index < -0.39 is 63.2 Å². The van der Waals surface area contributed by atoms with Crippen LogP contribution in [0.5, 0.6) is 0 Å². The van der Waals surface area contributed by atoms with Gasteiger partial charge in [0.05, 0.1) is 5.75 Å². The van der Waals surface area contributed by atoms with Gasteiger partial charge in [-0.3, -0.25) is 0 Å². The number of carboxylic acid groups (broad SMARTS) is 1. The van der Waals surface area contributed by atoms with E-state index in [1.807, 2.05) is 31.2 Å². The van der Waals surface area contributed by atoms with Crippen molar-refractivity contribution >= 4 is 21.9 Å². The maximum atomic E-state index is 14.0. The van der Waals surface area contributed by atoms with Crippen molar-refractivity contribution < 1.29 is 36.6 Å². The van der Waals surface area contributed by atoms with Gasteiger partial charge in [-0.25, -0.2) is 26.8 Å². The molecule has 3 rings (SSSR count). The van der Waals surface area contributed by atoms with Crippen molar-refractivity contribution in [3.63, 3.8) is 0 Å². The molecule has 44 heavy (non-hydrogen) atoms. The molecule has 0 aliphatic heterocycles. The number of benzene rings is 3. The van der Waals surface area contributed by atoms with Gasteiger partial charge in [0.25, 0.3) is 0 Å². The molecule has 3 atom stereocenters. The third-order valence-corrected chi connectivity index (χ3v) is 8.37. The minimum Gasteiger partial charge on any atom is -0.479 e. The Bertz CT molecular complexity index is 1500. The minimum absolute atomic E-state index is 0.0929. The number of hydrogen-bond donors (Lipinski definition) is 4. The summed E-state index contributed by atoms with van der Waals surface area (Å²) >= 11 is 0. The topological polar surface area (TPSA) is 148 Å². The lowest BCUT2D eigenvalue weighted by molar-refractivity contribution is -0.148. The van der Waals surface area contributed by atoms with Gasteiger partial charge in [-0.1, -0.05) is 61.5 Å². The van der Waals surface area contributed by atoms with Crippen LogP contribution in [0.1, 0.15) is 35.6 Å². The van der Waals surface area contributed by atoms with E-state index in [0.717, 1.165) is 35.9 Å². The fourth-order valence-corrected chi connectivity index (χ4v) is 5.81. The van der Waals surface area contributed by atoms with Gasteiger partial charge in [0.15, 0.2) is 0 Å². The summed E-state index contributed by atoms with van der Waals surface area (Å²) < 4.78 is 57.8. The van der Waals surface area contributed by atoms with E-state index in [1.165, 1.54) is 0 Å². The smallest absolute Gasteiger partial charge is 0.408 e. The molecule has 1 unspecified atom stereocenters. The Labute approximate surface area is 256 Å². The molecule has 0 bridgehead atoms. The molecule has 0 fully saturated rings. The molecule has 0 spiro atoms. The zero-order chi connectivity index (χ0) is 32.3. The molecule has 0 aliphatic rings. The SMILES string of the molecule is CCc1cccc(CNC[C@H](C(N)Cc2cc(F)cc(F)c2)[C@](CCS(C)(=O)=O)(NC(=O)OCc2ccccc2)C(=O)O)c1.